The van der Waals surface area contributed by atoms with Gasteiger partial charge in [-0.15, -0.1) is 0 Å². The number of rotatable bonds is 4. The average Bonchev–Trinajstić information content (AvgIpc) is 2.62. The normalized spacial score (nSPS) is 16.0. The smallest absolute Gasteiger partial charge is 0.327 e. The predicted molar refractivity (Wildman–Crippen MR) is 88.8 cm³/mol. The van der Waals surface area contributed by atoms with Crippen molar-refractivity contribution in [1.29, 1.82) is 5.26 Å². The highest BCUT2D eigenvalue weighted by molar-refractivity contribution is 8.04. The topological polar surface area (TPSA) is 84.2 Å². The van der Waals surface area contributed by atoms with Crippen LogP contribution in [0.3, 0.4) is 0 Å². The Morgan fingerprint density at radius 2 is 1.72 bits per heavy atom. The molecule has 0 N–H and O–H groups in total. The summed E-state index contributed by atoms with van der Waals surface area (Å²) in [6, 6.07) is 7.06. The van der Waals surface area contributed by atoms with Gasteiger partial charge in [0.2, 0.25) is 0 Å². The van der Waals surface area contributed by atoms with E-state index in [0.717, 1.165) is 18.9 Å². The number of Topliss-reactive ketones (excluding diaryl/α,β-unsaturated/α-hetero) is 2. The van der Waals surface area contributed by atoms with E-state index in [4.69, 9.17) is 0 Å². The summed E-state index contributed by atoms with van der Waals surface area (Å²) in [4.78, 5) is 37.7. The third-order valence-corrected chi connectivity index (χ3v) is 4.94. The Balaban J connectivity index is 2.61. The lowest BCUT2D eigenvalue weighted by molar-refractivity contribution is -0.143. The maximum absolute atomic E-state index is 13.1. The van der Waals surface area contributed by atoms with Crippen LogP contribution in [0.15, 0.2) is 50.8 Å². The van der Waals surface area contributed by atoms with Crippen molar-refractivity contribution in [1.82, 2.24) is 0 Å². The first-order valence-corrected chi connectivity index (χ1v) is 8.05. The van der Waals surface area contributed by atoms with E-state index in [9.17, 15) is 24.0 Å². The predicted octanol–water partition coefficient (Wildman–Crippen LogP) is 2.97. The molecule has 0 amide bonds. The highest BCUT2D eigenvalue weighted by Crippen LogP contribution is 2.39. The summed E-state index contributed by atoms with van der Waals surface area (Å²) >= 11 is 0.920. The van der Waals surface area contributed by atoms with Crippen LogP contribution >= 0.6 is 11.8 Å². The lowest BCUT2D eigenvalue weighted by Gasteiger charge is -2.22. The van der Waals surface area contributed by atoms with E-state index in [1.807, 2.05) is 0 Å². The number of hydrogen-bond donors (Lipinski definition) is 0. The van der Waals surface area contributed by atoms with Gasteiger partial charge in [-0.3, -0.25) is 14.4 Å². The molecule has 0 spiro atoms. The first-order chi connectivity index (χ1) is 11.8. The van der Waals surface area contributed by atoms with Gasteiger partial charge in [-0.05, 0) is 38.1 Å². The van der Waals surface area contributed by atoms with E-state index in [1.165, 1.54) is 38.1 Å². The van der Waals surface area contributed by atoms with E-state index >= 15 is 0 Å². The molecule has 1 atom stereocenters. The summed E-state index contributed by atoms with van der Waals surface area (Å²) in [6.07, 6.45) is 0. The second-order valence-electron chi connectivity index (χ2n) is 5.29. The summed E-state index contributed by atoms with van der Waals surface area (Å²) < 4.78 is 17.7. The monoisotopic (exact) mass is 359 g/mol. The quantitative estimate of drug-likeness (QED) is 0.607. The van der Waals surface area contributed by atoms with Gasteiger partial charge in [0.25, 0.3) is 0 Å². The molecule has 7 heteroatoms. The third kappa shape index (κ3) is 3.54. The van der Waals surface area contributed by atoms with Crippen molar-refractivity contribution in [3.8, 4) is 6.07 Å². The van der Waals surface area contributed by atoms with Gasteiger partial charge in [0.1, 0.15) is 5.82 Å². The summed E-state index contributed by atoms with van der Waals surface area (Å²) in [6.45, 7) is 2.98. The fourth-order valence-corrected chi connectivity index (χ4v) is 3.35. The number of allylic oxidation sites excluding steroid dienone is 3. The number of benzene rings is 1. The van der Waals surface area contributed by atoms with Crippen molar-refractivity contribution in [3.63, 3.8) is 0 Å². The van der Waals surface area contributed by atoms with Crippen LogP contribution in [0.1, 0.15) is 13.8 Å². The van der Waals surface area contributed by atoms with Gasteiger partial charge in [0.15, 0.2) is 17.5 Å². The van der Waals surface area contributed by atoms with Crippen molar-refractivity contribution in [2.24, 2.45) is 5.92 Å². The van der Waals surface area contributed by atoms with Gasteiger partial charge in [-0.1, -0.05) is 11.8 Å². The van der Waals surface area contributed by atoms with E-state index < -0.39 is 29.3 Å². The Kier molecular flexibility index (Phi) is 5.55. The molecule has 0 saturated heterocycles. The number of carbonyl (C=O) groups excluding carboxylic acids is 3. The summed E-state index contributed by atoms with van der Waals surface area (Å²) in [7, 11) is 1.10. The number of ketones is 2. The number of thioether (sulfide) groups is 1. The number of carbonyl (C=O) groups is 3. The molecule has 128 valence electrons. The van der Waals surface area contributed by atoms with Gasteiger partial charge in [0.05, 0.1) is 18.1 Å². The van der Waals surface area contributed by atoms with Crippen LogP contribution in [0, 0.1) is 23.1 Å². The zero-order chi connectivity index (χ0) is 18.7. The molecule has 25 heavy (non-hydrogen) atoms. The molecule has 1 unspecified atom stereocenters. The number of hydrogen-bond acceptors (Lipinski definition) is 6. The largest absolute Gasteiger partial charge is 0.468 e. The molecule has 0 heterocycles. The van der Waals surface area contributed by atoms with Crippen LogP contribution in [0.4, 0.5) is 4.39 Å². The van der Waals surface area contributed by atoms with Gasteiger partial charge < -0.3 is 4.74 Å². The molecule has 0 saturated carbocycles. The van der Waals surface area contributed by atoms with E-state index in [-0.39, 0.29) is 21.6 Å². The zero-order valence-corrected chi connectivity index (χ0v) is 14.6. The van der Waals surface area contributed by atoms with Gasteiger partial charge >= 0.3 is 5.97 Å². The van der Waals surface area contributed by atoms with Crippen molar-refractivity contribution in [2.75, 3.05) is 7.11 Å². The highest BCUT2D eigenvalue weighted by atomic mass is 32.2. The highest BCUT2D eigenvalue weighted by Gasteiger charge is 2.39. The first-order valence-electron chi connectivity index (χ1n) is 7.23. The lowest BCUT2D eigenvalue weighted by Crippen LogP contribution is -2.29. The molecule has 1 aromatic rings. The van der Waals surface area contributed by atoms with Crippen LogP contribution in [0.2, 0.25) is 0 Å². The minimum atomic E-state index is -1.51. The van der Waals surface area contributed by atoms with Crippen molar-refractivity contribution in [3.05, 3.63) is 51.7 Å². The minimum Gasteiger partial charge on any atom is -0.468 e. The standard InChI is InChI=1S/C18H14FNO4S/c1-9-10(2)16(22)17(25-12-6-4-11(19)5-7-12)14(15(9)21)13(8-20)18(23)24-3/h4-7,13H,1-3H3. The van der Waals surface area contributed by atoms with Gasteiger partial charge in [0, 0.05) is 21.6 Å². The Hall–Kier alpha value is -2.72. The number of methoxy groups -OCH3 is 1. The molecule has 0 aliphatic heterocycles. The number of esters is 1. The molecule has 0 fully saturated rings. The number of halogens is 1. The number of ether oxygens (including phenoxy) is 1. The fraction of sp³-hybridized carbons (Fsp3) is 0.222. The molecule has 1 aliphatic rings. The second kappa shape index (κ2) is 7.45. The van der Waals surface area contributed by atoms with Crippen LogP contribution in [0.25, 0.3) is 0 Å². The van der Waals surface area contributed by atoms with Crippen LogP contribution in [-0.2, 0) is 19.1 Å². The Morgan fingerprint density at radius 1 is 1.16 bits per heavy atom. The molecule has 0 aromatic heterocycles. The summed E-state index contributed by atoms with van der Waals surface area (Å²) in [5.74, 6) is -3.85. The van der Waals surface area contributed by atoms with Gasteiger partial charge in [-0.2, -0.15) is 5.26 Å². The van der Waals surface area contributed by atoms with Crippen molar-refractivity contribution < 1.29 is 23.5 Å². The van der Waals surface area contributed by atoms with Crippen LogP contribution < -0.4 is 0 Å². The second-order valence-corrected chi connectivity index (χ2v) is 6.38. The lowest BCUT2D eigenvalue weighted by atomic mass is 9.84. The third-order valence-electron chi connectivity index (χ3n) is 3.83. The zero-order valence-electron chi connectivity index (χ0n) is 13.8. The molecule has 1 aliphatic carbocycles. The van der Waals surface area contributed by atoms with E-state index in [0.29, 0.717) is 4.90 Å². The molecule has 5 nitrogen and oxygen atoms in total. The Labute approximate surface area is 148 Å². The van der Waals surface area contributed by atoms with Gasteiger partial charge in [-0.25, -0.2) is 4.39 Å². The van der Waals surface area contributed by atoms with Crippen molar-refractivity contribution in [2.45, 2.75) is 18.7 Å². The van der Waals surface area contributed by atoms with Crippen LogP contribution in [0.5, 0.6) is 0 Å². The maximum Gasteiger partial charge on any atom is 0.327 e. The summed E-state index contributed by atoms with van der Waals surface area (Å²) in [5.41, 5.74) is 0.240. The molecular formula is C18H14FNO4S. The molecule has 0 radical (unpaired) electrons. The molecule has 0 bridgehead atoms. The summed E-state index contributed by atoms with van der Waals surface area (Å²) in [5, 5.41) is 9.33. The SMILES string of the molecule is COC(=O)C(C#N)C1=C(Sc2ccc(F)cc2)C(=O)C(C)=C(C)C1=O. The van der Waals surface area contributed by atoms with Crippen LogP contribution in [-0.4, -0.2) is 24.6 Å². The molecule has 2 rings (SSSR count). The maximum atomic E-state index is 13.1. The minimum absolute atomic E-state index is 0.0170. The number of nitriles is 1. The average molecular weight is 359 g/mol. The Bertz CT molecular complexity index is 862. The van der Waals surface area contributed by atoms with Crippen molar-refractivity contribution >= 4 is 29.3 Å². The molecular weight excluding hydrogens is 345 g/mol. The van der Waals surface area contributed by atoms with E-state index in [1.54, 1.807) is 6.07 Å². The fourth-order valence-electron chi connectivity index (χ4n) is 2.28. The van der Waals surface area contributed by atoms with E-state index in [2.05, 4.69) is 4.74 Å². The molecule has 1 aromatic carbocycles. The number of nitrogens with zero attached hydrogens (tertiary/aromatic N) is 1. The Morgan fingerprint density at radius 3 is 2.24 bits per heavy atom. The first kappa shape index (κ1) is 18.6.